The van der Waals surface area contributed by atoms with Crippen LogP contribution in [0.3, 0.4) is 0 Å². The molecule has 0 aromatic carbocycles. The maximum Gasteiger partial charge on any atom is 0.0164 e. The molecule has 1 unspecified atom stereocenters. The van der Waals surface area contributed by atoms with E-state index in [-0.39, 0.29) is 0 Å². The van der Waals surface area contributed by atoms with Crippen molar-refractivity contribution in [2.24, 2.45) is 5.92 Å². The van der Waals surface area contributed by atoms with Crippen LogP contribution < -0.4 is 10.6 Å². The first-order valence-corrected chi connectivity index (χ1v) is 6.15. The predicted octanol–water partition coefficient (Wildman–Crippen LogP) is 2.15. The summed E-state index contributed by atoms with van der Waals surface area (Å²) in [7, 11) is 0. The lowest BCUT2D eigenvalue weighted by Gasteiger charge is -2.14. The first-order valence-electron chi connectivity index (χ1n) is 6.15. The van der Waals surface area contributed by atoms with E-state index in [0.717, 1.165) is 18.5 Å². The van der Waals surface area contributed by atoms with Gasteiger partial charge in [-0.05, 0) is 45.1 Å². The van der Waals surface area contributed by atoms with Crippen molar-refractivity contribution in [3.05, 3.63) is 0 Å². The van der Waals surface area contributed by atoms with Gasteiger partial charge in [0.05, 0.1) is 0 Å². The van der Waals surface area contributed by atoms with E-state index >= 15 is 0 Å². The minimum absolute atomic E-state index is 0.628. The minimum Gasteiger partial charge on any atom is -0.313 e. The summed E-state index contributed by atoms with van der Waals surface area (Å²) in [6.07, 6.45) is 5.43. The molecule has 0 aliphatic heterocycles. The van der Waals surface area contributed by atoms with Gasteiger partial charge in [0.15, 0.2) is 0 Å². The lowest BCUT2D eigenvalue weighted by Crippen LogP contribution is -2.37. The van der Waals surface area contributed by atoms with Gasteiger partial charge in [-0.3, -0.25) is 0 Å². The Morgan fingerprint density at radius 3 is 2.50 bits per heavy atom. The Hall–Kier alpha value is -0.0800. The summed E-state index contributed by atoms with van der Waals surface area (Å²) >= 11 is 0. The molecule has 0 amide bonds. The summed E-state index contributed by atoms with van der Waals surface area (Å²) in [5.41, 5.74) is 0. The highest BCUT2D eigenvalue weighted by atomic mass is 15.0. The minimum atomic E-state index is 0.628. The predicted molar refractivity (Wildman–Crippen MR) is 62.6 cm³/mol. The standard InChI is InChI=1S/C12H26N2/c1-10(2)5-4-8-13-11(3)9-14-12-6-7-12/h10-14H,4-9H2,1-3H3. The molecule has 2 N–H and O–H groups in total. The molecule has 1 atom stereocenters. The maximum absolute atomic E-state index is 3.56. The molecule has 0 radical (unpaired) electrons. The second-order valence-electron chi connectivity index (χ2n) is 5.07. The zero-order chi connectivity index (χ0) is 10.4. The highest BCUT2D eigenvalue weighted by molar-refractivity contribution is 4.82. The van der Waals surface area contributed by atoms with Gasteiger partial charge >= 0.3 is 0 Å². The first kappa shape index (κ1) is 12.0. The second-order valence-corrected chi connectivity index (χ2v) is 5.07. The van der Waals surface area contributed by atoms with Gasteiger partial charge in [-0.15, -0.1) is 0 Å². The molecule has 0 aromatic rings. The number of hydrogen-bond acceptors (Lipinski definition) is 2. The lowest BCUT2D eigenvalue weighted by molar-refractivity contribution is 0.467. The van der Waals surface area contributed by atoms with E-state index in [1.165, 1.54) is 32.2 Å². The van der Waals surface area contributed by atoms with Crippen molar-refractivity contribution in [2.45, 2.75) is 58.5 Å². The first-order chi connectivity index (χ1) is 6.68. The topological polar surface area (TPSA) is 24.1 Å². The van der Waals surface area contributed by atoms with Crippen molar-refractivity contribution < 1.29 is 0 Å². The van der Waals surface area contributed by atoms with Gasteiger partial charge in [0.2, 0.25) is 0 Å². The third-order valence-corrected chi connectivity index (χ3v) is 2.74. The molecule has 0 heterocycles. The normalized spacial score (nSPS) is 18.9. The summed E-state index contributed by atoms with van der Waals surface area (Å²) < 4.78 is 0. The lowest BCUT2D eigenvalue weighted by atomic mass is 10.1. The van der Waals surface area contributed by atoms with Gasteiger partial charge in [-0.1, -0.05) is 13.8 Å². The second kappa shape index (κ2) is 6.41. The average Bonchev–Trinajstić information content (AvgIpc) is 2.92. The zero-order valence-corrected chi connectivity index (χ0v) is 9.97. The molecule has 1 rings (SSSR count). The molecule has 1 aliphatic carbocycles. The van der Waals surface area contributed by atoms with Crippen LogP contribution in [0.25, 0.3) is 0 Å². The van der Waals surface area contributed by atoms with Crippen molar-refractivity contribution >= 4 is 0 Å². The van der Waals surface area contributed by atoms with E-state index in [1.807, 2.05) is 0 Å². The molecular formula is C12H26N2. The third kappa shape index (κ3) is 6.39. The Morgan fingerprint density at radius 1 is 1.21 bits per heavy atom. The van der Waals surface area contributed by atoms with E-state index < -0.39 is 0 Å². The molecule has 1 fully saturated rings. The quantitative estimate of drug-likeness (QED) is 0.584. The van der Waals surface area contributed by atoms with E-state index in [1.54, 1.807) is 0 Å². The van der Waals surface area contributed by atoms with Crippen LogP contribution in [-0.4, -0.2) is 25.2 Å². The highest BCUT2D eigenvalue weighted by Gasteiger charge is 2.20. The molecule has 84 valence electrons. The van der Waals surface area contributed by atoms with Gasteiger partial charge in [0, 0.05) is 18.6 Å². The average molecular weight is 198 g/mol. The SMILES string of the molecule is CC(C)CCCNC(C)CNC1CC1. The van der Waals surface area contributed by atoms with Crippen LogP contribution in [0, 0.1) is 5.92 Å². The molecule has 1 aliphatic rings. The summed E-state index contributed by atoms with van der Waals surface area (Å²) in [6, 6.07) is 1.47. The summed E-state index contributed by atoms with van der Waals surface area (Å²) in [4.78, 5) is 0. The molecule has 1 saturated carbocycles. The smallest absolute Gasteiger partial charge is 0.0164 e. The van der Waals surface area contributed by atoms with Crippen molar-refractivity contribution in [3.63, 3.8) is 0 Å². The Kier molecular flexibility index (Phi) is 5.49. The van der Waals surface area contributed by atoms with Crippen LogP contribution in [0.15, 0.2) is 0 Å². The van der Waals surface area contributed by atoms with E-state index in [2.05, 4.69) is 31.4 Å². The highest BCUT2D eigenvalue weighted by Crippen LogP contribution is 2.18. The van der Waals surface area contributed by atoms with Crippen molar-refractivity contribution in [1.29, 1.82) is 0 Å². The van der Waals surface area contributed by atoms with Crippen LogP contribution >= 0.6 is 0 Å². The van der Waals surface area contributed by atoms with Gasteiger partial charge in [0.25, 0.3) is 0 Å². The Balaban J connectivity index is 1.83. The zero-order valence-electron chi connectivity index (χ0n) is 9.97. The summed E-state index contributed by atoms with van der Waals surface area (Å²) in [6.45, 7) is 9.15. The van der Waals surface area contributed by atoms with Crippen LogP contribution in [-0.2, 0) is 0 Å². The fourth-order valence-electron chi connectivity index (χ4n) is 1.56. The van der Waals surface area contributed by atoms with Gasteiger partial charge < -0.3 is 10.6 Å². The maximum atomic E-state index is 3.56. The summed E-state index contributed by atoms with van der Waals surface area (Å²) in [5.74, 6) is 0.844. The van der Waals surface area contributed by atoms with E-state index in [9.17, 15) is 0 Å². The fraction of sp³-hybridized carbons (Fsp3) is 1.00. The molecule has 0 spiro atoms. The van der Waals surface area contributed by atoms with E-state index in [0.29, 0.717) is 6.04 Å². The van der Waals surface area contributed by atoms with Crippen LogP contribution in [0.2, 0.25) is 0 Å². The van der Waals surface area contributed by atoms with Gasteiger partial charge in [-0.2, -0.15) is 0 Å². The summed E-state index contributed by atoms with van der Waals surface area (Å²) in [5, 5.41) is 7.10. The molecule has 14 heavy (non-hydrogen) atoms. The van der Waals surface area contributed by atoms with Crippen molar-refractivity contribution in [1.82, 2.24) is 10.6 Å². The van der Waals surface area contributed by atoms with Crippen molar-refractivity contribution in [2.75, 3.05) is 13.1 Å². The van der Waals surface area contributed by atoms with Crippen LogP contribution in [0.5, 0.6) is 0 Å². The largest absolute Gasteiger partial charge is 0.313 e. The van der Waals surface area contributed by atoms with Gasteiger partial charge in [0.1, 0.15) is 0 Å². The number of rotatable bonds is 8. The Labute approximate surface area is 88.8 Å². The van der Waals surface area contributed by atoms with Crippen LogP contribution in [0.4, 0.5) is 0 Å². The van der Waals surface area contributed by atoms with E-state index in [4.69, 9.17) is 0 Å². The molecule has 0 bridgehead atoms. The number of hydrogen-bond donors (Lipinski definition) is 2. The number of nitrogens with one attached hydrogen (secondary N) is 2. The third-order valence-electron chi connectivity index (χ3n) is 2.74. The molecular weight excluding hydrogens is 172 g/mol. The van der Waals surface area contributed by atoms with Crippen molar-refractivity contribution in [3.8, 4) is 0 Å². The monoisotopic (exact) mass is 198 g/mol. The van der Waals surface area contributed by atoms with Gasteiger partial charge in [-0.25, -0.2) is 0 Å². The van der Waals surface area contributed by atoms with Crippen LogP contribution in [0.1, 0.15) is 46.5 Å². The molecule has 2 nitrogen and oxygen atoms in total. The molecule has 2 heteroatoms. The molecule has 0 saturated heterocycles. The molecule has 0 aromatic heterocycles. The Morgan fingerprint density at radius 2 is 1.93 bits per heavy atom. The Bertz CT molecular complexity index is 141. The fourth-order valence-corrected chi connectivity index (χ4v) is 1.56.